The molecule has 0 bridgehead atoms. The molecule has 1 aromatic carbocycles. The van der Waals surface area contributed by atoms with Crippen LogP contribution < -0.4 is 15.8 Å². The monoisotopic (exact) mass is 299 g/mol. The van der Waals surface area contributed by atoms with E-state index >= 15 is 0 Å². The zero-order valence-electron chi connectivity index (χ0n) is 11.7. The Morgan fingerprint density at radius 1 is 1.20 bits per heavy atom. The van der Waals surface area contributed by atoms with Gasteiger partial charge in [-0.2, -0.15) is 0 Å². The number of primary sulfonamides is 1. The van der Waals surface area contributed by atoms with Crippen molar-refractivity contribution in [3.05, 3.63) is 24.3 Å². The number of carbonyl (C=O) groups is 1. The number of anilines is 1. The van der Waals surface area contributed by atoms with Gasteiger partial charge in [0.2, 0.25) is 15.9 Å². The third kappa shape index (κ3) is 5.28. The summed E-state index contributed by atoms with van der Waals surface area (Å²) in [6.07, 6.45) is 1.93. The lowest BCUT2D eigenvalue weighted by atomic mass is 10.2. The molecule has 7 heteroatoms. The summed E-state index contributed by atoms with van der Waals surface area (Å²) in [4.78, 5) is 11.7. The maximum atomic E-state index is 11.7. The number of nitrogens with one attached hydrogen (secondary N) is 2. The maximum Gasteiger partial charge on any atom is 0.238 e. The van der Waals surface area contributed by atoms with Gasteiger partial charge in [0.25, 0.3) is 0 Å². The molecule has 0 fully saturated rings. The second kappa shape index (κ2) is 7.37. The predicted octanol–water partition coefficient (Wildman–Crippen LogP) is 1.05. The van der Waals surface area contributed by atoms with Gasteiger partial charge in [0.15, 0.2) is 0 Å². The Kier molecular flexibility index (Phi) is 6.12. The highest BCUT2D eigenvalue weighted by Gasteiger charge is 2.09. The molecule has 6 nitrogen and oxygen atoms in total. The van der Waals surface area contributed by atoms with E-state index in [-0.39, 0.29) is 17.3 Å². The van der Waals surface area contributed by atoms with E-state index in [0.717, 1.165) is 12.8 Å². The van der Waals surface area contributed by atoms with Crippen molar-refractivity contribution in [3.63, 3.8) is 0 Å². The molecule has 0 saturated heterocycles. The molecule has 0 radical (unpaired) electrons. The first-order valence-electron chi connectivity index (χ1n) is 6.53. The van der Waals surface area contributed by atoms with E-state index in [1.807, 2.05) is 0 Å². The fraction of sp³-hybridized carbons (Fsp3) is 0.462. The van der Waals surface area contributed by atoms with Crippen LogP contribution in [0.3, 0.4) is 0 Å². The molecule has 0 aliphatic heterocycles. The normalized spacial score (nSPS) is 11.6. The van der Waals surface area contributed by atoms with Gasteiger partial charge >= 0.3 is 0 Å². The number of benzene rings is 1. The van der Waals surface area contributed by atoms with Gasteiger partial charge in [0.1, 0.15) is 0 Å². The zero-order chi connectivity index (χ0) is 15.2. The first kappa shape index (κ1) is 16.6. The Hall–Kier alpha value is -1.44. The highest BCUT2D eigenvalue weighted by molar-refractivity contribution is 7.89. The molecule has 0 heterocycles. The number of hydrogen-bond acceptors (Lipinski definition) is 4. The van der Waals surface area contributed by atoms with Crippen LogP contribution in [0.1, 0.15) is 26.7 Å². The number of sulfonamides is 1. The Labute approximate surface area is 119 Å². The number of hydrogen-bond donors (Lipinski definition) is 3. The second-order valence-electron chi connectivity index (χ2n) is 4.51. The molecule has 1 aromatic rings. The third-order valence-electron chi connectivity index (χ3n) is 3.00. The van der Waals surface area contributed by atoms with E-state index in [2.05, 4.69) is 24.5 Å². The van der Waals surface area contributed by atoms with Crippen molar-refractivity contribution in [1.82, 2.24) is 5.32 Å². The van der Waals surface area contributed by atoms with Crippen LogP contribution in [0, 0.1) is 0 Å². The standard InChI is InChI=1S/C13H21N3O3S/c1-3-10(4-2)15-9-13(17)16-11-5-7-12(8-6-11)20(14,18)19/h5-8,10,15H,3-4,9H2,1-2H3,(H,16,17)(H2,14,18,19). The third-order valence-corrected chi connectivity index (χ3v) is 3.93. The van der Waals surface area contributed by atoms with Crippen molar-refractivity contribution < 1.29 is 13.2 Å². The molecular weight excluding hydrogens is 278 g/mol. The largest absolute Gasteiger partial charge is 0.325 e. The summed E-state index contributed by atoms with van der Waals surface area (Å²) in [5.41, 5.74) is 0.536. The number of amides is 1. The van der Waals surface area contributed by atoms with Gasteiger partial charge in [-0.05, 0) is 37.1 Å². The van der Waals surface area contributed by atoms with Gasteiger partial charge in [-0.1, -0.05) is 13.8 Å². The lowest BCUT2D eigenvalue weighted by molar-refractivity contribution is -0.115. The van der Waals surface area contributed by atoms with E-state index in [9.17, 15) is 13.2 Å². The zero-order valence-corrected chi connectivity index (χ0v) is 12.5. The average Bonchev–Trinajstić information content (AvgIpc) is 2.39. The molecule has 0 atom stereocenters. The Balaban J connectivity index is 2.54. The van der Waals surface area contributed by atoms with E-state index in [1.165, 1.54) is 24.3 Å². The van der Waals surface area contributed by atoms with Crippen LogP contribution in [0.2, 0.25) is 0 Å². The van der Waals surface area contributed by atoms with Crippen LogP contribution >= 0.6 is 0 Å². The van der Waals surface area contributed by atoms with Gasteiger partial charge in [0, 0.05) is 11.7 Å². The minimum Gasteiger partial charge on any atom is -0.325 e. The molecule has 20 heavy (non-hydrogen) atoms. The summed E-state index contributed by atoms with van der Waals surface area (Å²) in [5.74, 6) is -0.166. The van der Waals surface area contributed by atoms with E-state index < -0.39 is 10.0 Å². The highest BCUT2D eigenvalue weighted by Crippen LogP contribution is 2.12. The van der Waals surface area contributed by atoms with Crippen LogP contribution in [0.4, 0.5) is 5.69 Å². The topological polar surface area (TPSA) is 101 Å². The van der Waals surface area contributed by atoms with E-state index in [1.54, 1.807) is 0 Å². The van der Waals surface area contributed by atoms with Crippen LogP contribution in [0.15, 0.2) is 29.2 Å². The average molecular weight is 299 g/mol. The molecule has 1 rings (SSSR count). The molecule has 0 spiro atoms. The van der Waals surface area contributed by atoms with Gasteiger partial charge in [-0.25, -0.2) is 13.6 Å². The summed E-state index contributed by atoms with van der Waals surface area (Å²) < 4.78 is 22.2. The fourth-order valence-corrected chi connectivity index (χ4v) is 2.26. The van der Waals surface area contributed by atoms with Gasteiger partial charge in [-0.3, -0.25) is 4.79 Å². The van der Waals surface area contributed by atoms with Gasteiger partial charge in [0.05, 0.1) is 11.4 Å². The first-order valence-corrected chi connectivity index (χ1v) is 8.07. The Bertz CT molecular complexity index is 536. The lowest BCUT2D eigenvalue weighted by Gasteiger charge is -2.14. The smallest absolute Gasteiger partial charge is 0.238 e. The van der Waals surface area contributed by atoms with Crippen LogP contribution in [-0.4, -0.2) is 26.9 Å². The summed E-state index contributed by atoms with van der Waals surface area (Å²) in [6, 6.07) is 6.06. The van der Waals surface area contributed by atoms with Crippen molar-refractivity contribution in [1.29, 1.82) is 0 Å². The molecule has 0 saturated carbocycles. The predicted molar refractivity (Wildman–Crippen MR) is 78.8 cm³/mol. The highest BCUT2D eigenvalue weighted by atomic mass is 32.2. The number of rotatable bonds is 7. The quantitative estimate of drug-likeness (QED) is 0.700. The molecular formula is C13H21N3O3S. The summed E-state index contributed by atoms with van der Waals surface area (Å²) >= 11 is 0. The van der Waals surface area contributed by atoms with Crippen LogP contribution in [-0.2, 0) is 14.8 Å². The second-order valence-corrected chi connectivity index (χ2v) is 6.07. The summed E-state index contributed by atoms with van der Waals surface area (Å²) in [5, 5.41) is 10.8. The molecule has 4 N–H and O–H groups in total. The molecule has 0 unspecified atom stereocenters. The SMILES string of the molecule is CCC(CC)NCC(=O)Nc1ccc(S(N)(=O)=O)cc1. The molecule has 1 amide bonds. The van der Waals surface area contributed by atoms with Crippen LogP contribution in [0.5, 0.6) is 0 Å². The Morgan fingerprint density at radius 3 is 2.20 bits per heavy atom. The molecule has 112 valence electrons. The molecule has 0 aliphatic rings. The van der Waals surface area contributed by atoms with E-state index in [0.29, 0.717) is 11.7 Å². The number of nitrogens with two attached hydrogens (primary N) is 1. The molecule has 0 aromatic heterocycles. The number of carbonyl (C=O) groups excluding carboxylic acids is 1. The summed E-state index contributed by atoms with van der Waals surface area (Å²) in [6.45, 7) is 4.35. The van der Waals surface area contributed by atoms with Crippen molar-refractivity contribution in [2.24, 2.45) is 5.14 Å². The summed E-state index contributed by atoms with van der Waals surface area (Å²) in [7, 11) is -3.70. The van der Waals surface area contributed by atoms with Crippen molar-refractivity contribution >= 4 is 21.6 Å². The van der Waals surface area contributed by atoms with Crippen molar-refractivity contribution in [2.75, 3.05) is 11.9 Å². The minimum absolute atomic E-state index is 0.0191. The van der Waals surface area contributed by atoms with Gasteiger partial charge in [-0.15, -0.1) is 0 Å². The molecule has 0 aliphatic carbocycles. The van der Waals surface area contributed by atoms with E-state index in [4.69, 9.17) is 5.14 Å². The van der Waals surface area contributed by atoms with Crippen LogP contribution in [0.25, 0.3) is 0 Å². The van der Waals surface area contributed by atoms with Gasteiger partial charge < -0.3 is 10.6 Å². The fourth-order valence-electron chi connectivity index (χ4n) is 1.75. The van der Waals surface area contributed by atoms with Crippen molar-refractivity contribution in [2.45, 2.75) is 37.6 Å². The first-order chi connectivity index (χ1) is 9.36. The lowest BCUT2D eigenvalue weighted by Crippen LogP contribution is -2.35. The van der Waals surface area contributed by atoms with Crippen molar-refractivity contribution in [3.8, 4) is 0 Å². The maximum absolute atomic E-state index is 11.7. The Morgan fingerprint density at radius 2 is 1.75 bits per heavy atom. The minimum atomic E-state index is -3.70.